The van der Waals surface area contributed by atoms with E-state index in [0.29, 0.717) is 23.4 Å². The van der Waals surface area contributed by atoms with Crippen LogP contribution in [0.5, 0.6) is 5.75 Å². The molecule has 32 heavy (non-hydrogen) atoms. The van der Waals surface area contributed by atoms with Crippen LogP contribution in [0.25, 0.3) is 0 Å². The third-order valence-corrected chi connectivity index (χ3v) is 6.18. The van der Waals surface area contributed by atoms with Gasteiger partial charge in [-0.15, -0.1) is 0 Å². The highest BCUT2D eigenvalue weighted by atomic mass is 127. The predicted octanol–water partition coefficient (Wildman–Crippen LogP) is 5.44. The first-order valence-corrected chi connectivity index (χ1v) is 12.3. The van der Waals surface area contributed by atoms with Crippen LogP contribution in [0.3, 0.4) is 0 Å². The maximum absolute atomic E-state index is 10.3. The fourth-order valence-corrected chi connectivity index (χ4v) is 4.84. The molecule has 3 rings (SSSR count). The zero-order chi connectivity index (χ0) is 23.3. The summed E-state index contributed by atoms with van der Waals surface area (Å²) >= 11 is 4.30. The number of benzene rings is 2. The number of aryl methyl sites for hydroxylation is 2. The summed E-state index contributed by atoms with van der Waals surface area (Å²) in [6, 6.07) is 9.93. The number of phenolic OH excluding ortho intramolecular Hbond substituents is 1. The van der Waals surface area contributed by atoms with Crippen molar-refractivity contribution in [2.75, 3.05) is 28.7 Å². The average Bonchev–Trinajstić information content (AvgIpc) is 2.75. The third-order valence-electron chi connectivity index (χ3n) is 4.74. The molecule has 0 aliphatic rings. The van der Waals surface area contributed by atoms with Gasteiger partial charge in [-0.2, -0.15) is 20.1 Å². The third kappa shape index (κ3) is 6.18. The van der Waals surface area contributed by atoms with Gasteiger partial charge >= 0.3 is 0 Å². The van der Waals surface area contributed by atoms with Crippen molar-refractivity contribution in [3.63, 3.8) is 0 Å². The summed E-state index contributed by atoms with van der Waals surface area (Å²) in [6.45, 7) is 9.71. The van der Waals surface area contributed by atoms with Gasteiger partial charge in [0.2, 0.25) is 17.8 Å². The number of hydrogen-bond acceptors (Lipinski definition) is 8. The second-order valence-electron chi connectivity index (χ2n) is 7.09. The number of nitrogens with one attached hydrogen (secondary N) is 2. The van der Waals surface area contributed by atoms with Gasteiger partial charge in [0.15, 0.2) is 0 Å². The highest BCUT2D eigenvalue weighted by molar-refractivity contribution is 14.1. The molecule has 0 atom stereocenters. The average molecular weight is 657 g/mol. The van der Waals surface area contributed by atoms with Gasteiger partial charge in [0.1, 0.15) is 5.75 Å². The fraction of sp³-hybridized carbons (Fsp3) is 0.273. The number of halogens is 2. The van der Waals surface area contributed by atoms with Crippen molar-refractivity contribution in [1.29, 1.82) is 0 Å². The summed E-state index contributed by atoms with van der Waals surface area (Å²) in [5.41, 5.74) is 6.67. The molecule has 0 amide bonds. The number of rotatable bonds is 8. The number of hydrazone groups is 1. The Labute approximate surface area is 215 Å². The Kier molecular flexibility index (Phi) is 8.45. The summed E-state index contributed by atoms with van der Waals surface area (Å²) in [5.74, 6) is 1.49. The molecule has 168 valence electrons. The molecule has 8 nitrogen and oxygen atoms in total. The summed E-state index contributed by atoms with van der Waals surface area (Å²) in [7, 11) is 0. The van der Waals surface area contributed by atoms with Gasteiger partial charge in [0.25, 0.3) is 0 Å². The van der Waals surface area contributed by atoms with Crippen LogP contribution in [-0.4, -0.2) is 39.4 Å². The lowest BCUT2D eigenvalue weighted by molar-refractivity contribution is 0.470. The lowest BCUT2D eigenvalue weighted by atomic mass is 10.1. The Morgan fingerprint density at radius 2 is 1.75 bits per heavy atom. The van der Waals surface area contributed by atoms with Crippen LogP contribution in [0.4, 0.5) is 23.5 Å². The zero-order valence-corrected chi connectivity index (χ0v) is 22.6. The number of aromatic nitrogens is 3. The number of nitrogens with zero attached hydrogens (tertiary/aromatic N) is 5. The molecule has 0 saturated carbocycles. The van der Waals surface area contributed by atoms with Crippen molar-refractivity contribution in [1.82, 2.24) is 15.0 Å². The Bertz CT molecular complexity index is 1130. The summed E-state index contributed by atoms with van der Waals surface area (Å²) < 4.78 is 1.77. The van der Waals surface area contributed by atoms with Crippen LogP contribution < -0.4 is 15.6 Å². The van der Waals surface area contributed by atoms with Crippen molar-refractivity contribution in [3.8, 4) is 5.75 Å². The lowest BCUT2D eigenvalue weighted by Gasteiger charge is -2.19. The predicted molar refractivity (Wildman–Crippen MR) is 147 cm³/mol. The van der Waals surface area contributed by atoms with Crippen molar-refractivity contribution in [3.05, 3.63) is 54.2 Å². The van der Waals surface area contributed by atoms with Crippen molar-refractivity contribution in [2.24, 2.45) is 5.10 Å². The van der Waals surface area contributed by atoms with E-state index in [1.54, 1.807) is 6.21 Å². The van der Waals surface area contributed by atoms with Gasteiger partial charge in [-0.05, 0) is 102 Å². The number of aromatic hydroxyl groups is 1. The molecule has 3 aromatic rings. The van der Waals surface area contributed by atoms with E-state index < -0.39 is 0 Å². The number of hydrogen-bond donors (Lipinski definition) is 3. The first-order chi connectivity index (χ1) is 15.3. The molecule has 0 bridgehead atoms. The van der Waals surface area contributed by atoms with Crippen LogP contribution >= 0.6 is 45.2 Å². The molecule has 0 fully saturated rings. The van der Waals surface area contributed by atoms with Gasteiger partial charge in [-0.25, -0.2) is 5.43 Å². The van der Waals surface area contributed by atoms with E-state index in [2.05, 4.69) is 108 Å². The molecule has 3 N–H and O–H groups in total. The summed E-state index contributed by atoms with van der Waals surface area (Å²) in [5, 5.41) is 17.8. The van der Waals surface area contributed by atoms with E-state index in [1.165, 1.54) is 0 Å². The second kappa shape index (κ2) is 11.1. The van der Waals surface area contributed by atoms with E-state index in [1.807, 2.05) is 30.9 Å². The smallest absolute Gasteiger partial charge is 0.250 e. The topological polar surface area (TPSA) is 98.6 Å². The van der Waals surface area contributed by atoms with E-state index in [4.69, 9.17) is 0 Å². The normalized spacial score (nSPS) is 11.1. The summed E-state index contributed by atoms with van der Waals surface area (Å²) in [6.07, 6.45) is 1.55. The molecule has 0 saturated heterocycles. The monoisotopic (exact) mass is 657 g/mol. The molecule has 0 unspecified atom stereocenters. The molecule has 1 heterocycles. The number of anilines is 4. The Hall–Kier alpha value is -2.22. The van der Waals surface area contributed by atoms with Crippen molar-refractivity contribution >= 4 is 74.9 Å². The van der Waals surface area contributed by atoms with Gasteiger partial charge in [0, 0.05) is 27.9 Å². The quantitative estimate of drug-likeness (QED) is 0.169. The molecule has 0 radical (unpaired) electrons. The molecule has 0 aliphatic carbocycles. The van der Waals surface area contributed by atoms with Crippen molar-refractivity contribution < 1.29 is 5.11 Å². The zero-order valence-electron chi connectivity index (χ0n) is 18.3. The Morgan fingerprint density at radius 1 is 1.03 bits per heavy atom. The Morgan fingerprint density at radius 3 is 2.47 bits per heavy atom. The van der Waals surface area contributed by atoms with Gasteiger partial charge in [-0.1, -0.05) is 12.1 Å². The maximum Gasteiger partial charge on any atom is 0.250 e. The second-order valence-corrected chi connectivity index (χ2v) is 9.50. The van der Waals surface area contributed by atoms with Crippen LogP contribution in [0.15, 0.2) is 35.4 Å². The molecule has 0 aliphatic heterocycles. The minimum absolute atomic E-state index is 0.188. The van der Waals surface area contributed by atoms with Crippen molar-refractivity contribution in [2.45, 2.75) is 27.7 Å². The molecular formula is C22H25I2N7O. The minimum atomic E-state index is 0.188. The first-order valence-electron chi connectivity index (χ1n) is 10.1. The standard InChI is InChI=1S/C22H25I2N7O/c1-5-31(6-2)22-28-20(26-18-9-13(3)7-8-14(18)4)27-21(29-22)30-25-12-15-10-16(23)11-17(24)19(15)32/h7-12,32H,5-6H2,1-4H3,(H2,26,27,28,29,30)/b25-12-. The molecule has 10 heteroatoms. The highest BCUT2D eigenvalue weighted by Crippen LogP contribution is 2.26. The van der Waals surface area contributed by atoms with Gasteiger partial charge < -0.3 is 15.3 Å². The minimum Gasteiger partial charge on any atom is -0.506 e. The van der Waals surface area contributed by atoms with Crippen LogP contribution in [0, 0.1) is 21.0 Å². The molecular weight excluding hydrogens is 632 g/mol. The van der Waals surface area contributed by atoms with Crippen LogP contribution in [0.2, 0.25) is 0 Å². The van der Waals surface area contributed by atoms with Gasteiger partial charge in [-0.3, -0.25) is 0 Å². The Balaban J connectivity index is 1.91. The fourth-order valence-electron chi connectivity index (χ4n) is 2.95. The lowest BCUT2D eigenvalue weighted by Crippen LogP contribution is -2.25. The van der Waals surface area contributed by atoms with Crippen LogP contribution in [0.1, 0.15) is 30.5 Å². The largest absolute Gasteiger partial charge is 0.506 e. The summed E-state index contributed by atoms with van der Waals surface area (Å²) in [4.78, 5) is 15.7. The highest BCUT2D eigenvalue weighted by Gasteiger charge is 2.12. The SMILES string of the molecule is CCN(CC)c1nc(N/N=C\c2cc(I)cc(I)c2O)nc(Nc2cc(C)ccc2C)n1. The maximum atomic E-state index is 10.3. The molecule has 2 aromatic carbocycles. The van der Waals surface area contributed by atoms with E-state index in [0.717, 1.165) is 37.0 Å². The van der Waals surface area contributed by atoms with E-state index in [-0.39, 0.29) is 5.75 Å². The van der Waals surface area contributed by atoms with Crippen LogP contribution in [-0.2, 0) is 0 Å². The van der Waals surface area contributed by atoms with E-state index >= 15 is 0 Å². The molecule has 1 aromatic heterocycles. The van der Waals surface area contributed by atoms with Gasteiger partial charge in [0.05, 0.1) is 9.78 Å². The first kappa shape index (κ1) is 24.4. The molecule has 0 spiro atoms. The van der Waals surface area contributed by atoms with E-state index in [9.17, 15) is 5.11 Å². The number of phenols is 1.